The van der Waals surface area contributed by atoms with E-state index in [2.05, 4.69) is 4.98 Å². The van der Waals surface area contributed by atoms with Crippen molar-refractivity contribution < 1.29 is 8.78 Å². The Balaban J connectivity index is 2.46. The van der Waals surface area contributed by atoms with Gasteiger partial charge in [0.25, 0.3) is 6.43 Å². The standard InChI is InChI=1S/C14H17F2N3/c1-19(9-13(15)16)14-11(6-7-17)8-10-4-2-3-5-12(10)18-14/h2-5,8,13H,6-7,9,17H2,1H3. The molecule has 0 aliphatic heterocycles. The summed E-state index contributed by atoms with van der Waals surface area (Å²) in [6.07, 6.45) is -1.76. The van der Waals surface area contributed by atoms with Crippen LogP contribution in [0.4, 0.5) is 14.6 Å². The number of aromatic nitrogens is 1. The monoisotopic (exact) mass is 265 g/mol. The maximum atomic E-state index is 12.5. The highest BCUT2D eigenvalue weighted by atomic mass is 19.3. The summed E-state index contributed by atoms with van der Waals surface area (Å²) < 4.78 is 25.0. The first-order valence-electron chi connectivity index (χ1n) is 6.20. The van der Waals surface area contributed by atoms with E-state index in [1.807, 2.05) is 30.3 Å². The molecule has 0 unspecified atom stereocenters. The van der Waals surface area contributed by atoms with Crippen LogP contribution in [0.2, 0.25) is 0 Å². The van der Waals surface area contributed by atoms with Crippen LogP contribution < -0.4 is 10.6 Å². The molecule has 2 N–H and O–H groups in total. The first-order valence-corrected chi connectivity index (χ1v) is 6.20. The summed E-state index contributed by atoms with van der Waals surface area (Å²) in [5.41, 5.74) is 7.29. The van der Waals surface area contributed by atoms with E-state index in [9.17, 15) is 8.78 Å². The molecule has 2 rings (SSSR count). The molecule has 2 aromatic rings. The number of hydrogen-bond donors (Lipinski definition) is 1. The number of alkyl halides is 2. The SMILES string of the molecule is CN(CC(F)F)c1nc2ccccc2cc1CCN. The molecule has 0 radical (unpaired) electrons. The topological polar surface area (TPSA) is 42.2 Å². The third-order valence-electron chi connectivity index (χ3n) is 2.97. The van der Waals surface area contributed by atoms with Crippen LogP contribution in [-0.4, -0.2) is 31.5 Å². The molecule has 102 valence electrons. The average molecular weight is 265 g/mol. The van der Waals surface area contributed by atoms with E-state index in [0.717, 1.165) is 16.5 Å². The molecule has 0 spiro atoms. The van der Waals surface area contributed by atoms with Gasteiger partial charge in [0.1, 0.15) is 5.82 Å². The van der Waals surface area contributed by atoms with Gasteiger partial charge < -0.3 is 10.6 Å². The number of benzene rings is 1. The van der Waals surface area contributed by atoms with Gasteiger partial charge in [-0.15, -0.1) is 0 Å². The lowest BCUT2D eigenvalue weighted by atomic mass is 10.1. The van der Waals surface area contributed by atoms with Crippen LogP contribution >= 0.6 is 0 Å². The quantitative estimate of drug-likeness (QED) is 0.903. The highest BCUT2D eigenvalue weighted by molar-refractivity contribution is 5.81. The summed E-state index contributed by atoms with van der Waals surface area (Å²) in [5, 5.41) is 1.00. The third-order valence-corrected chi connectivity index (χ3v) is 2.97. The Morgan fingerprint density at radius 2 is 2.05 bits per heavy atom. The third kappa shape index (κ3) is 3.17. The van der Waals surface area contributed by atoms with Gasteiger partial charge in [0.2, 0.25) is 0 Å². The van der Waals surface area contributed by atoms with Crippen molar-refractivity contribution in [1.29, 1.82) is 0 Å². The molecule has 0 aliphatic rings. The molecule has 0 saturated carbocycles. The zero-order chi connectivity index (χ0) is 13.8. The van der Waals surface area contributed by atoms with Crippen LogP contribution in [0.3, 0.4) is 0 Å². The van der Waals surface area contributed by atoms with E-state index in [0.29, 0.717) is 18.8 Å². The minimum Gasteiger partial charge on any atom is -0.354 e. The van der Waals surface area contributed by atoms with Crippen LogP contribution in [0.15, 0.2) is 30.3 Å². The van der Waals surface area contributed by atoms with Crippen molar-refractivity contribution in [2.24, 2.45) is 5.73 Å². The molecule has 0 saturated heterocycles. The Kier molecular flexibility index (Phi) is 4.27. The fourth-order valence-corrected chi connectivity index (χ4v) is 2.11. The second-order valence-corrected chi connectivity index (χ2v) is 4.47. The van der Waals surface area contributed by atoms with Crippen molar-refractivity contribution in [1.82, 2.24) is 4.98 Å². The van der Waals surface area contributed by atoms with Crippen molar-refractivity contribution in [3.8, 4) is 0 Å². The van der Waals surface area contributed by atoms with Gasteiger partial charge in [-0.25, -0.2) is 13.8 Å². The van der Waals surface area contributed by atoms with Crippen LogP contribution in [0.5, 0.6) is 0 Å². The minimum atomic E-state index is -2.39. The van der Waals surface area contributed by atoms with Crippen molar-refractivity contribution in [2.75, 3.05) is 25.0 Å². The number of nitrogens with two attached hydrogens (primary N) is 1. The predicted molar refractivity (Wildman–Crippen MR) is 73.8 cm³/mol. The van der Waals surface area contributed by atoms with Gasteiger partial charge in [-0.2, -0.15) is 0 Å². The highest BCUT2D eigenvalue weighted by Crippen LogP contribution is 2.23. The second kappa shape index (κ2) is 5.93. The normalized spacial score (nSPS) is 11.2. The number of para-hydroxylation sites is 1. The zero-order valence-electron chi connectivity index (χ0n) is 10.8. The number of anilines is 1. The Labute approximate surface area is 111 Å². The van der Waals surface area contributed by atoms with E-state index in [4.69, 9.17) is 5.73 Å². The van der Waals surface area contributed by atoms with Gasteiger partial charge >= 0.3 is 0 Å². The van der Waals surface area contributed by atoms with Gasteiger partial charge in [-0.05, 0) is 30.7 Å². The molecule has 1 heterocycles. The first-order chi connectivity index (χ1) is 9.11. The van der Waals surface area contributed by atoms with Crippen molar-refractivity contribution in [3.63, 3.8) is 0 Å². The minimum absolute atomic E-state index is 0.330. The van der Waals surface area contributed by atoms with Gasteiger partial charge in [0.05, 0.1) is 12.1 Å². The molecular weight excluding hydrogens is 248 g/mol. The fourth-order valence-electron chi connectivity index (χ4n) is 2.11. The molecule has 0 atom stereocenters. The van der Waals surface area contributed by atoms with Gasteiger partial charge in [0, 0.05) is 12.4 Å². The van der Waals surface area contributed by atoms with Crippen LogP contribution in [0.1, 0.15) is 5.56 Å². The van der Waals surface area contributed by atoms with Crippen LogP contribution in [0, 0.1) is 0 Å². The Bertz CT molecular complexity index is 557. The number of pyridine rings is 1. The summed E-state index contributed by atoms with van der Waals surface area (Å²) in [7, 11) is 1.63. The van der Waals surface area contributed by atoms with E-state index < -0.39 is 6.43 Å². The summed E-state index contributed by atoms with van der Waals surface area (Å²) in [5.74, 6) is 0.587. The summed E-state index contributed by atoms with van der Waals surface area (Å²) in [6, 6.07) is 9.63. The van der Waals surface area contributed by atoms with Crippen molar-refractivity contribution in [3.05, 3.63) is 35.9 Å². The number of hydrogen-bond acceptors (Lipinski definition) is 3. The highest BCUT2D eigenvalue weighted by Gasteiger charge is 2.14. The number of nitrogens with zero attached hydrogens (tertiary/aromatic N) is 2. The predicted octanol–water partition coefficient (Wildman–Crippen LogP) is 2.44. The van der Waals surface area contributed by atoms with E-state index >= 15 is 0 Å². The Morgan fingerprint density at radius 1 is 1.32 bits per heavy atom. The first kappa shape index (κ1) is 13.7. The summed E-state index contributed by atoms with van der Waals surface area (Å²) in [4.78, 5) is 5.97. The second-order valence-electron chi connectivity index (χ2n) is 4.47. The number of rotatable bonds is 5. The largest absolute Gasteiger partial charge is 0.354 e. The van der Waals surface area contributed by atoms with E-state index in [-0.39, 0.29) is 6.54 Å². The number of halogens is 2. The smallest absolute Gasteiger partial charge is 0.255 e. The molecule has 0 fully saturated rings. The molecule has 1 aromatic heterocycles. The molecule has 0 aliphatic carbocycles. The van der Waals surface area contributed by atoms with Crippen molar-refractivity contribution in [2.45, 2.75) is 12.8 Å². The van der Waals surface area contributed by atoms with Gasteiger partial charge in [-0.1, -0.05) is 18.2 Å². The lowest BCUT2D eigenvalue weighted by Gasteiger charge is -2.21. The fraction of sp³-hybridized carbons (Fsp3) is 0.357. The Hall–Kier alpha value is -1.75. The summed E-state index contributed by atoms with van der Waals surface area (Å²) in [6.45, 7) is 0.137. The average Bonchev–Trinajstić information content (AvgIpc) is 2.37. The molecule has 0 amide bonds. The lowest BCUT2D eigenvalue weighted by molar-refractivity contribution is 0.156. The summed E-state index contributed by atoms with van der Waals surface area (Å²) >= 11 is 0. The zero-order valence-corrected chi connectivity index (χ0v) is 10.8. The Morgan fingerprint density at radius 3 is 2.74 bits per heavy atom. The van der Waals surface area contributed by atoms with E-state index in [1.54, 1.807) is 7.05 Å². The van der Waals surface area contributed by atoms with E-state index in [1.165, 1.54) is 4.90 Å². The van der Waals surface area contributed by atoms with Crippen LogP contribution in [-0.2, 0) is 6.42 Å². The molecule has 19 heavy (non-hydrogen) atoms. The molecular formula is C14H17F2N3. The lowest BCUT2D eigenvalue weighted by Crippen LogP contribution is -2.26. The van der Waals surface area contributed by atoms with Gasteiger partial charge in [0.15, 0.2) is 0 Å². The van der Waals surface area contributed by atoms with Crippen LogP contribution in [0.25, 0.3) is 10.9 Å². The maximum Gasteiger partial charge on any atom is 0.255 e. The molecule has 0 bridgehead atoms. The van der Waals surface area contributed by atoms with Gasteiger partial charge in [-0.3, -0.25) is 0 Å². The molecule has 5 heteroatoms. The maximum absolute atomic E-state index is 12.5. The molecule has 1 aromatic carbocycles. The molecule has 3 nitrogen and oxygen atoms in total. The number of fused-ring (bicyclic) bond motifs is 1. The van der Waals surface area contributed by atoms with Crippen molar-refractivity contribution >= 4 is 16.7 Å².